The highest BCUT2D eigenvalue weighted by Gasteiger charge is 2.22. The Hall–Kier alpha value is -0.0800. The lowest BCUT2D eigenvalue weighted by molar-refractivity contribution is 0.279. The van der Waals surface area contributed by atoms with Crippen LogP contribution in [-0.4, -0.2) is 37.6 Å². The number of nitrogens with one attached hydrogen (secondary N) is 1. The summed E-state index contributed by atoms with van der Waals surface area (Å²) < 4.78 is 0. The number of hydrogen-bond donors (Lipinski definition) is 1. The van der Waals surface area contributed by atoms with Crippen molar-refractivity contribution in [3.8, 4) is 0 Å². The Labute approximate surface area is 81.7 Å². The zero-order valence-electron chi connectivity index (χ0n) is 8.76. The summed E-state index contributed by atoms with van der Waals surface area (Å²) in [5, 5.41) is 3.45. The summed E-state index contributed by atoms with van der Waals surface area (Å²) in [7, 11) is 2.28. The van der Waals surface area contributed by atoms with E-state index < -0.39 is 0 Å². The monoisotopic (exact) mass is 182 g/mol. The third-order valence-electron chi connectivity index (χ3n) is 3.74. The van der Waals surface area contributed by atoms with E-state index in [9.17, 15) is 0 Å². The molecule has 2 nitrogen and oxygen atoms in total. The molecule has 0 bridgehead atoms. The van der Waals surface area contributed by atoms with Gasteiger partial charge in [0, 0.05) is 6.04 Å². The van der Waals surface area contributed by atoms with E-state index in [1.165, 1.54) is 51.7 Å². The van der Waals surface area contributed by atoms with Crippen molar-refractivity contribution in [3.63, 3.8) is 0 Å². The number of nitrogens with zero attached hydrogens (tertiary/aromatic N) is 1. The van der Waals surface area contributed by atoms with Gasteiger partial charge in [-0.2, -0.15) is 0 Å². The van der Waals surface area contributed by atoms with Crippen molar-refractivity contribution >= 4 is 0 Å². The minimum atomic E-state index is 0.903. The third-order valence-corrected chi connectivity index (χ3v) is 3.74. The van der Waals surface area contributed by atoms with Crippen LogP contribution in [0.1, 0.15) is 32.1 Å². The molecule has 0 aromatic carbocycles. The van der Waals surface area contributed by atoms with Crippen LogP contribution in [0.4, 0.5) is 0 Å². The maximum atomic E-state index is 3.45. The summed E-state index contributed by atoms with van der Waals surface area (Å²) in [4.78, 5) is 2.54. The van der Waals surface area contributed by atoms with Crippen molar-refractivity contribution in [1.29, 1.82) is 0 Å². The average molecular weight is 182 g/mol. The van der Waals surface area contributed by atoms with E-state index in [0.717, 1.165) is 12.0 Å². The normalized spacial score (nSPS) is 35.8. The third kappa shape index (κ3) is 2.44. The SMILES string of the molecule is CN1CCCC1CCC1CCNC1. The maximum Gasteiger partial charge on any atom is 0.00927 e. The van der Waals surface area contributed by atoms with Gasteiger partial charge in [-0.1, -0.05) is 0 Å². The molecule has 76 valence electrons. The Kier molecular flexibility index (Phi) is 3.23. The molecule has 1 N–H and O–H groups in total. The van der Waals surface area contributed by atoms with Crippen LogP contribution in [0.2, 0.25) is 0 Å². The van der Waals surface area contributed by atoms with E-state index >= 15 is 0 Å². The first-order chi connectivity index (χ1) is 6.36. The van der Waals surface area contributed by atoms with Crippen molar-refractivity contribution in [1.82, 2.24) is 10.2 Å². The van der Waals surface area contributed by atoms with E-state index in [1.54, 1.807) is 0 Å². The standard InChI is InChI=1S/C11H22N2/c1-13-8-2-3-11(13)5-4-10-6-7-12-9-10/h10-12H,2-9H2,1H3. The molecular formula is C11H22N2. The van der Waals surface area contributed by atoms with Crippen molar-refractivity contribution in [2.24, 2.45) is 5.92 Å². The molecule has 2 atom stereocenters. The van der Waals surface area contributed by atoms with Crippen LogP contribution in [0, 0.1) is 5.92 Å². The lowest BCUT2D eigenvalue weighted by Crippen LogP contribution is -2.25. The van der Waals surface area contributed by atoms with Gasteiger partial charge >= 0.3 is 0 Å². The van der Waals surface area contributed by atoms with E-state index in [2.05, 4.69) is 17.3 Å². The van der Waals surface area contributed by atoms with Gasteiger partial charge in [-0.15, -0.1) is 0 Å². The zero-order chi connectivity index (χ0) is 9.10. The van der Waals surface area contributed by atoms with Gasteiger partial charge in [-0.05, 0) is 64.7 Å². The summed E-state index contributed by atoms with van der Waals surface area (Å²) in [6, 6.07) is 0.903. The maximum absolute atomic E-state index is 3.45. The highest BCUT2D eigenvalue weighted by molar-refractivity contribution is 4.79. The molecule has 0 radical (unpaired) electrons. The molecule has 0 saturated carbocycles. The van der Waals surface area contributed by atoms with Gasteiger partial charge in [0.2, 0.25) is 0 Å². The fourth-order valence-corrected chi connectivity index (χ4v) is 2.73. The van der Waals surface area contributed by atoms with Gasteiger partial charge in [0.15, 0.2) is 0 Å². The Morgan fingerprint density at radius 2 is 2.23 bits per heavy atom. The second kappa shape index (κ2) is 4.43. The molecule has 2 aliphatic rings. The topological polar surface area (TPSA) is 15.3 Å². The molecule has 2 fully saturated rings. The van der Waals surface area contributed by atoms with Crippen molar-refractivity contribution in [2.45, 2.75) is 38.1 Å². The minimum Gasteiger partial charge on any atom is -0.316 e. The zero-order valence-corrected chi connectivity index (χ0v) is 8.76. The molecule has 0 amide bonds. The van der Waals surface area contributed by atoms with Gasteiger partial charge in [-0.25, -0.2) is 0 Å². The van der Waals surface area contributed by atoms with Crippen LogP contribution < -0.4 is 5.32 Å². The summed E-state index contributed by atoms with van der Waals surface area (Å²) in [6.07, 6.45) is 7.15. The Morgan fingerprint density at radius 1 is 1.31 bits per heavy atom. The molecule has 2 rings (SSSR count). The number of likely N-dealkylation sites (tertiary alicyclic amines) is 1. The lowest BCUT2D eigenvalue weighted by atomic mass is 9.98. The van der Waals surface area contributed by atoms with E-state index in [1.807, 2.05) is 0 Å². The molecule has 2 saturated heterocycles. The van der Waals surface area contributed by atoms with Crippen LogP contribution in [0.25, 0.3) is 0 Å². The first kappa shape index (κ1) is 9.47. The average Bonchev–Trinajstić information content (AvgIpc) is 2.72. The van der Waals surface area contributed by atoms with Crippen molar-refractivity contribution < 1.29 is 0 Å². The van der Waals surface area contributed by atoms with Crippen LogP contribution in [-0.2, 0) is 0 Å². The molecule has 2 unspecified atom stereocenters. The first-order valence-electron chi connectivity index (χ1n) is 5.77. The van der Waals surface area contributed by atoms with Gasteiger partial charge < -0.3 is 10.2 Å². The molecular weight excluding hydrogens is 160 g/mol. The van der Waals surface area contributed by atoms with Gasteiger partial charge in [0.1, 0.15) is 0 Å². The molecule has 2 heteroatoms. The highest BCUT2D eigenvalue weighted by atomic mass is 15.1. The van der Waals surface area contributed by atoms with E-state index in [0.29, 0.717) is 0 Å². The molecule has 13 heavy (non-hydrogen) atoms. The van der Waals surface area contributed by atoms with E-state index in [4.69, 9.17) is 0 Å². The minimum absolute atomic E-state index is 0.903. The molecule has 0 aromatic heterocycles. The highest BCUT2D eigenvalue weighted by Crippen LogP contribution is 2.23. The van der Waals surface area contributed by atoms with Crippen LogP contribution in [0.3, 0.4) is 0 Å². The van der Waals surface area contributed by atoms with Crippen LogP contribution in [0.5, 0.6) is 0 Å². The smallest absolute Gasteiger partial charge is 0.00927 e. The quantitative estimate of drug-likeness (QED) is 0.711. The Bertz CT molecular complexity index is 152. The molecule has 0 aromatic rings. The summed E-state index contributed by atoms with van der Waals surface area (Å²) in [6.45, 7) is 3.86. The Morgan fingerprint density at radius 3 is 2.85 bits per heavy atom. The summed E-state index contributed by atoms with van der Waals surface area (Å²) in [5.41, 5.74) is 0. The predicted octanol–water partition coefficient (Wildman–Crippen LogP) is 1.47. The Balaban J connectivity index is 1.66. The van der Waals surface area contributed by atoms with Crippen LogP contribution in [0.15, 0.2) is 0 Å². The summed E-state index contributed by atoms with van der Waals surface area (Å²) >= 11 is 0. The lowest BCUT2D eigenvalue weighted by Gasteiger charge is -2.20. The molecule has 0 aliphatic carbocycles. The molecule has 2 heterocycles. The van der Waals surface area contributed by atoms with Crippen molar-refractivity contribution in [3.05, 3.63) is 0 Å². The van der Waals surface area contributed by atoms with Crippen LogP contribution >= 0.6 is 0 Å². The first-order valence-corrected chi connectivity index (χ1v) is 5.77. The predicted molar refractivity (Wildman–Crippen MR) is 55.9 cm³/mol. The van der Waals surface area contributed by atoms with Gasteiger partial charge in [0.25, 0.3) is 0 Å². The number of rotatable bonds is 3. The fraction of sp³-hybridized carbons (Fsp3) is 1.00. The largest absolute Gasteiger partial charge is 0.316 e. The van der Waals surface area contributed by atoms with Crippen molar-refractivity contribution in [2.75, 3.05) is 26.7 Å². The number of hydrogen-bond acceptors (Lipinski definition) is 2. The molecule has 2 aliphatic heterocycles. The molecule has 0 spiro atoms. The fourth-order valence-electron chi connectivity index (χ4n) is 2.73. The van der Waals surface area contributed by atoms with Gasteiger partial charge in [0.05, 0.1) is 0 Å². The van der Waals surface area contributed by atoms with Gasteiger partial charge in [-0.3, -0.25) is 0 Å². The summed E-state index contributed by atoms with van der Waals surface area (Å²) in [5.74, 6) is 0.981. The second-order valence-corrected chi connectivity index (χ2v) is 4.71. The second-order valence-electron chi connectivity index (χ2n) is 4.71. The van der Waals surface area contributed by atoms with E-state index in [-0.39, 0.29) is 0 Å².